The number of piperidine rings is 1. The Labute approximate surface area is 128 Å². The van der Waals surface area contributed by atoms with Crippen LogP contribution in [0, 0.1) is 13.8 Å². The number of aliphatic hydroxyl groups excluding tert-OH is 1. The summed E-state index contributed by atoms with van der Waals surface area (Å²) in [6, 6.07) is 6.15. The van der Waals surface area contributed by atoms with Gasteiger partial charge in [0.25, 0.3) is 0 Å². The van der Waals surface area contributed by atoms with E-state index >= 15 is 0 Å². The summed E-state index contributed by atoms with van der Waals surface area (Å²) in [5.74, 6) is 0.857. The molecule has 0 saturated carbocycles. The molecule has 1 aromatic rings. The zero-order valence-electron chi connectivity index (χ0n) is 12.4. The Morgan fingerprint density at radius 3 is 2.30 bits per heavy atom. The van der Waals surface area contributed by atoms with Gasteiger partial charge in [-0.3, -0.25) is 0 Å². The zero-order valence-corrected chi connectivity index (χ0v) is 13.2. The molecule has 1 aliphatic heterocycles. The van der Waals surface area contributed by atoms with Crippen LogP contribution in [0.15, 0.2) is 18.2 Å². The number of rotatable bonds is 5. The van der Waals surface area contributed by atoms with Crippen molar-refractivity contribution in [3.63, 3.8) is 0 Å². The predicted octanol–water partition coefficient (Wildman–Crippen LogP) is -0.467. The molecule has 2 rings (SSSR count). The van der Waals surface area contributed by atoms with E-state index in [1.54, 1.807) is 0 Å². The summed E-state index contributed by atoms with van der Waals surface area (Å²) in [5, 5.41) is 10.0. The number of likely N-dealkylation sites (tertiary alicyclic amines) is 1. The van der Waals surface area contributed by atoms with Crippen molar-refractivity contribution in [2.75, 3.05) is 26.2 Å². The summed E-state index contributed by atoms with van der Waals surface area (Å²) in [7, 11) is 0. The molecular weight excluding hydrogens is 274 g/mol. The van der Waals surface area contributed by atoms with Crippen molar-refractivity contribution in [2.24, 2.45) is 0 Å². The molecule has 1 saturated heterocycles. The SMILES string of the molecule is Cc1cc(C)cc(OCC(O)CN2CCCCC2)c1.[Cl-]. The van der Waals surface area contributed by atoms with E-state index in [0.717, 1.165) is 25.4 Å². The summed E-state index contributed by atoms with van der Waals surface area (Å²) in [4.78, 5) is 2.33. The highest BCUT2D eigenvalue weighted by Gasteiger charge is 2.15. The van der Waals surface area contributed by atoms with Crippen molar-refractivity contribution < 1.29 is 22.3 Å². The Hall–Kier alpha value is -0.770. The second kappa shape index (κ2) is 8.50. The summed E-state index contributed by atoms with van der Waals surface area (Å²) >= 11 is 0. The summed E-state index contributed by atoms with van der Waals surface area (Å²) in [5.41, 5.74) is 2.39. The largest absolute Gasteiger partial charge is 1.00 e. The second-order valence-electron chi connectivity index (χ2n) is 5.65. The second-order valence-corrected chi connectivity index (χ2v) is 5.65. The van der Waals surface area contributed by atoms with E-state index in [1.165, 1.54) is 30.4 Å². The fraction of sp³-hybridized carbons (Fsp3) is 0.625. The number of hydrogen-bond donors (Lipinski definition) is 1. The van der Waals surface area contributed by atoms with E-state index in [1.807, 2.05) is 12.1 Å². The molecule has 4 heteroatoms. The number of aliphatic hydroxyl groups is 1. The highest BCUT2D eigenvalue weighted by Crippen LogP contribution is 2.16. The molecule has 0 spiro atoms. The van der Waals surface area contributed by atoms with Crippen LogP contribution in [-0.4, -0.2) is 42.4 Å². The van der Waals surface area contributed by atoms with Crippen molar-refractivity contribution in [1.29, 1.82) is 0 Å². The fourth-order valence-electron chi connectivity index (χ4n) is 2.70. The molecule has 0 aliphatic carbocycles. The molecule has 3 nitrogen and oxygen atoms in total. The van der Waals surface area contributed by atoms with Gasteiger partial charge in [0.15, 0.2) is 0 Å². The van der Waals surface area contributed by atoms with Gasteiger partial charge in [-0.25, -0.2) is 0 Å². The van der Waals surface area contributed by atoms with Gasteiger partial charge in [0, 0.05) is 6.54 Å². The van der Waals surface area contributed by atoms with Crippen LogP contribution in [0.4, 0.5) is 0 Å². The minimum atomic E-state index is -0.404. The third-order valence-electron chi connectivity index (χ3n) is 3.56. The Kier molecular flexibility index (Phi) is 7.35. The third-order valence-corrected chi connectivity index (χ3v) is 3.56. The minimum absolute atomic E-state index is 0. The van der Waals surface area contributed by atoms with Crippen LogP contribution in [0.1, 0.15) is 30.4 Å². The van der Waals surface area contributed by atoms with E-state index in [4.69, 9.17) is 4.74 Å². The predicted molar refractivity (Wildman–Crippen MR) is 77.7 cm³/mol. The van der Waals surface area contributed by atoms with Crippen LogP contribution in [0.25, 0.3) is 0 Å². The normalized spacial score (nSPS) is 17.4. The van der Waals surface area contributed by atoms with E-state index in [-0.39, 0.29) is 12.4 Å². The standard InChI is InChI=1S/C16H25NO2.ClH/c1-13-8-14(2)10-16(9-13)19-12-15(18)11-17-6-4-3-5-7-17;/h8-10,15,18H,3-7,11-12H2,1-2H3;1H/p-1. The molecule has 1 N–H and O–H groups in total. The topological polar surface area (TPSA) is 32.7 Å². The van der Waals surface area contributed by atoms with Gasteiger partial charge in [-0.2, -0.15) is 0 Å². The quantitative estimate of drug-likeness (QED) is 0.798. The van der Waals surface area contributed by atoms with Gasteiger partial charge in [0.1, 0.15) is 18.5 Å². The number of ether oxygens (including phenoxy) is 1. The number of β-amino-alcohol motifs (C(OH)–C–C–N with tert-alkyl or cyclic N) is 1. The first kappa shape index (κ1) is 17.3. The van der Waals surface area contributed by atoms with E-state index < -0.39 is 6.10 Å². The smallest absolute Gasteiger partial charge is 0.119 e. The first-order valence-electron chi connectivity index (χ1n) is 7.25. The van der Waals surface area contributed by atoms with Gasteiger partial charge in [-0.05, 0) is 63.0 Å². The number of halogens is 1. The molecule has 1 unspecified atom stereocenters. The van der Waals surface area contributed by atoms with Crippen molar-refractivity contribution in [1.82, 2.24) is 4.90 Å². The lowest BCUT2D eigenvalue weighted by atomic mass is 10.1. The first-order chi connectivity index (χ1) is 9.13. The maximum absolute atomic E-state index is 10.0. The Morgan fingerprint density at radius 2 is 1.70 bits per heavy atom. The van der Waals surface area contributed by atoms with Gasteiger partial charge >= 0.3 is 0 Å². The fourth-order valence-corrected chi connectivity index (χ4v) is 2.70. The van der Waals surface area contributed by atoms with Crippen molar-refractivity contribution in [3.8, 4) is 5.75 Å². The minimum Gasteiger partial charge on any atom is -1.00 e. The van der Waals surface area contributed by atoms with Crippen molar-refractivity contribution in [2.45, 2.75) is 39.2 Å². The highest BCUT2D eigenvalue weighted by molar-refractivity contribution is 5.32. The molecule has 114 valence electrons. The lowest BCUT2D eigenvalue weighted by Crippen LogP contribution is -3.00. The van der Waals surface area contributed by atoms with Crippen LogP contribution in [0.3, 0.4) is 0 Å². The summed E-state index contributed by atoms with van der Waals surface area (Å²) < 4.78 is 5.69. The Morgan fingerprint density at radius 1 is 1.10 bits per heavy atom. The number of benzene rings is 1. The lowest BCUT2D eigenvalue weighted by Gasteiger charge is -2.28. The van der Waals surface area contributed by atoms with Gasteiger partial charge in [-0.1, -0.05) is 12.5 Å². The molecule has 0 radical (unpaired) electrons. The molecule has 1 aromatic carbocycles. The molecule has 1 atom stereocenters. The number of nitrogens with zero attached hydrogens (tertiary/aromatic N) is 1. The molecule has 0 amide bonds. The average Bonchev–Trinajstić information content (AvgIpc) is 2.36. The van der Waals surface area contributed by atoms with Gasteiger partial charge < -0.3 is 27.2 Å². The molecular formula is C16H25ClNO2-. The van der Waals surface area contributed by atoms with Crippen LogP contribution in [-0.2, 0) is 0 Å². The van der Waals surface area contributed by atoms with E-state index in [0.29, 0.717) is 6.61 Å². The van der Waals surface area contributed by atoms with Crippen LogP contribution >= 0.6 is 0 Å². The molecule has 0 aromatic heterocycles. The molecule has 1 aliphatic rings. The zero-order chi connectivity index (χ0) is 13.7. The van der Waals surface area contributed by atoms with Gasteiger partial charge in [-0.15, -0.1) is 0 Å². The molecule has 0 bridgehead atoms. The number of hydrogen-bond acceptors (Lipinski definition) is 3. The van der Waals surface area contributed by atoms with Crippen molar-refractivity contribution in [3.05, 3.63) is 29.3 Å². The van der Waals surface area contributed by atoms with E-state index in [9.17, 15) is 5.11 Å². The number of aryl methyl sites for hydroxylation is 2. The lowest BCUT2D eigenvalue weighted by molar-refractivity contribution is -0.00000647. The third kappa shape index (κ3) is 5.70. The van der Waals surface area contributed by atoms with Crippen LogP contribution in [0.5, 0.6) is 5.75 Å². The molecule has 1 heterocycles. The highest BCUT2D eigenvalue weighted by atomic mass is 35.5. The van der Waals surface area contributed by atoms with Crippen molar-refractivity contribution >= 4 is 0 Å². The van der Waals surface area contributed by atoms with E-state index in [2.05, 4.69) is 24.8 Å². The van der Waals surface area contributed by atoms with Crippen LogP contribution in [0.2, 0.25) is 0 Å². The summed E-state index contributed by atoms with van der Waals surface area (Å²) in [6.45, 7) is 7.44. The maximum atomic E-state index is 10.0. The maximum Gasteiger partial charge on any atom is 0.119 e. The first-order valence-corrected chi connectivity index (χ1v) is 7.25. The average molecular weight is 299 g/mol. The monoisotopic (exact) mass is 298 g/mol. The molecule has 1 fully saturated rings. The van der Waals surface area contributed by atoms with Gasteiger partial charge in [0.05, 0.1) is 0 Å². The Bertz CT molecular complexity index is 385. The Balaban J connectivity index is 0.00000200. The van der Waals surface area contributed by atoms with Gasteiger partial charge in [0.2, 0.25) is 0 Å². The summed E-state index contributed by atoms with van der Waals surface area (Å²) in [6.07, 6.45) is 3.43. The van der Waals surface area contributed by atoms with Crippen LogP contribution < -0.4 is 17.1 Å². The molecule has 20 heavy (non-hydrogen) atoms.